The van der Waals surface area contributed by atoms with Crippen molar-refractivity contribution in [1.82, 2.24) is 0 Å². The van der Waals surface area contributed by atoms with Gasteiger partial charge in [0.2, 0.25) is 0 Å². The summed E-state index contributed by atoms with van der Waals surface area (Å²) < 4.78 is 40.0. The van der Waals surface area contributed by atoms with Gasteiger partial charge in [-0.1, -0.05) is 18.2 Å². The smallest absolute Gasteiger partial charge is 0.271 e. The molecule has 2 N–H and O–H groups in total. The second-order valence-electron chi connectivity index (χ2n) is 5.42. The van der Waals surface area contributed by atoms with Crippen LogP contribution in [-0.4, -0.2) is 15.0 Å². The first-order valence-electron chi connectivity index (χ1n) is 7.68. The molecule has 0 aliphatic carbocycles. The third-order valence-corrected chi connectivity index (χ3v) is 6.33. The van der Waals surface area contributed by atoms with Gasteiger partial charge in [0.05, 0.1) is 0 Å². The molecule has 0 fully saturated rings. The van der Waals surface area contributed by atoms with Crippen molar-refractivity contribution in [3.63, 3.8) is 0 Å². The Kier molecular flexibility index (Phi) is 5.35. The van der Waals surface area contributed by atoms with Gasteiger partial charge in [-0.05, 0) is 59.8 Å². The van der Waals surface area contributed by atoms with E-state index in [4.69, 9.17) is 0 Å². The summed E-state index contributed by atoms with van der Waals surface area (Å²) in [5.41, 5.74) is 2.45. The molecule has 0 bridgehead atoms. The van der Waals surface area contributed by atoms with Crippen LogP contribution in [0.15, 0.2) is 70.3 Å². The van der Waals surface area contributed by atoms with Gasteiger partial charge in [-0.15, -0.1) is 11.3 Å². The SMILES string of the molecule is O=S(=O)(Nc1ccc(NCCc2ccc(F)cc2)cc1)c1cccs1. The number of nitrogens with one attached hydrogen (secondary N) is 2. The minimum absolute atomic E-state index is 0.239. The van der Waals surface area contributed by atoms with Crippen LogP contribution in [0.25, 0.3) is 0 Å². The van der Waals surface area contributed by atoms with E-state index in [-0.39, 0.29) is 10.0 Å². The third-order valence-electron chi connectivity index (χ3n) is 3.55. The van der Waals surface area contributed by atoms with Gasteiger partial charge >= 0.3 is 0 Å². The average molecular weight is 376 g/mol. The first-order valence-corrected chi connectivity index (χ1v) is 10.0. The van der Waals surface area contributed by atoms with Gasteiger partial charge in [-0.25, -0.2) is 12.8 Å². The van der Waals surface area contributed by atoms with Gasteiger partial charge in [0.25, 0.3) is 10.0 Å². The average Bonchev–Trinajstić information content (AvgIpc) is 3.14. The fourth-order valence-electron chi connectivity index (χ4n) is 2.28. The Hall–Kier alpha value is -2.38. The molecule has 3 rings (SSSR count). The molecule has 0 aliphatic rings. The summed E-state index contributed by atoms with van der Waals surface area (Å²) in [5.74, 6) is -0.239. The van der Waals surface area contributed by atoms with Crippen LogP contribution < -0.4 is 10.0 Å². The van der Waals surface area contributed by atoms with Crippen molar-refractivity contribution in [3.05, 3.63) is 77.4 Å². The molecule has 0 aliphatic heterocycles. The molecule has 4 nitrogen and oxygen atoms in total. The molecule has 0 amide bonds. The highest BCUT2D eigenvalue weighted by Crippen LogP contribution is 2.21. The van der Waals surface area contributed by atoms with Gasteiger partial charge in [-0.3, -0.25) is 4.72 Å². The fourth-order valence-corrected chi connectivity index (χ4v) is 4.33. The Labute approximate surface area is 150 Å². The number of halogens is 1. The number of benzene rings is 2. The van der Waals surface area contributed by atoms with E-state index in [1.165, 1.54) is 23.5 Å². The summed E-state index contributed by atoms with van der Waals surface area (Å²) in [6.45, 7) is 0.700. The Morgan fingerprint density at radius 2 is 1.60 bits per heavy atom. The number of thiophene rings is 1. The summed E-state index contributed by atoms with van der Waals surface area (Å²) in [6.07, 6.45) is 0.771. The van der Waals surface area contributed by atoms with E-state index in [2.05, 4.69) is 10.0 Å². The zero-order valence-corrected chi connectivity index (χ0v) is 14.9. The van der Waals surface area contributed by atoms with Crippen molar-refractivity contribution in [2.45, 2.75) is 10.6 Å². The highest BCUT2D eigenvalue weighted by atomic mass is 32.2. The molecule has 1 aromatic heterocycles. The van der Waals surface area contributed by atoms with E-state index in [1.807, 2.05) is 12.1 Å². The molecule has 0 spiro atoms. The number of rotatable bonds is 7. The quantitative estimate of drug-likeness (QED) is 0.645. The van der Waals surface area contributed by atoms with E-state index in [0.717, 1.165) is 17.7 Å². The molecule has 0 atom stereocenters. The van der Waals surface area contributed by atoms with Crippen molar-refractivity contribution in [2.75, 3.05) is 16.6 Å². The normalized spacial score (nSPS) is 11.2. The largest absolute Gasteiger partial charge is 0.385 e. The van der Waals surface area contributed by atoms with Crippen LogP contribution in [0.5, 0.6) is 0 Å². The number of hydrogen-bond acceptors (Lipinski definition) is 4. The van der Waals surface area contributed by atoms with Crippen LogP contribution in [-0.2, 0) is 16.4 Å². The van der Waals surface area contributed by atoms with E-state index >= 15 is 0 Å². The van der Waals surface area contributed by atoms with Crippen molar-refractivity contribution in [3.8, 4) is 0 Å². The second kappa shape index (κ2) is 7.67. The lowest BCUT2D eigenvalue weighted by Crippen LogP contribution is -2.11. The molecular formula is C18H17FN2O2S2. The van der Waals surface area contributed by atoms with Crippen LogP contribution >= 0.6 is 11.3 Å². The van der Waals surface area contributed by atoms with Crippen molar-refractivity contribution in [2.24, 2.45) is 0 Å². The minimum Gasteiger partial charge on any atom is -0.385 e. The van der Waals surface area contributed by atoms with E-state index in [9.17, 15) is 12.8 Å². The number of hydrogen-bond donors (Lipinski definition) is 2. The van der Waals surface area contributed by atoms with Crippen LogP contribution in [0.3, 0.4) is 0 Å². The summed E-state index contributed by atoms with van der Waals surface area (Å²) in [5, 5.41) is 4.98. The first-order chi connectivity index (χ1) is 12.0. The molecule has 0 saturated heterocycles. The molecule has 0 unspecified atom stereocenters. The highest BCUT2D eigenvalue weighted by molar-refractivity contribution is 7.94. The van der Waals surface area contributed by atoms with Gasteiger partial charge in [0.1, 0.15) is 10.0 Å². The standard InChI is InChI=1S/C18H17FN2O2S2/c19-15-5-3-14(4-6-15)11-12-20-16-7-9-17(10-8-16)21-25(22,23)18-2-1-13-24-18/h1-10,13,20-21H,11-12H2. The van der Waals surface area contributed by atoms with Crippen LogP contribution in [0.1, 0.15) is 5.56 Å². The highest BCUT2D eigenvalue weighted by Gasteiger charge is 2.14. The molecule has 0 radical (unpaired) electrons. The molecule has 7 heteroatoms. The minimum atomic E-state index is -3.52. The Morgan fingerprint density at radius 1 is 0.920 bits per heavy atom. The van der Waals surface area contributed by atoms with E-state index in [1.54, 1.807) is 41.8 Å². The first kappa shape index (κ1) is 17.4. The van der Waals surface area contributed by atoms with Gasteiger partial charge in [-0.2, -0.15) is 0 Å². The molecule has 0 saturated carbocycles. The second-order valence-corrected chi connectivity index (χ2v) is 8.28. The predicted octanol–water partition coefficient (Wildman–Crippen LogP) is 4.34. The molecule has 2 aromatic carbocycles. The van der Waals surface area contributed by atoms with Crippen LogP contribution in [0.4, 0.5) is 15.8 Å². The topological polar surface area (TPSA) is 58.2 Å². The lowest BCUT2D eigenvalue weighted by atomic mass is 10.1. The molecule has 1 heterocycles. The lowest BCUT2D eigenvalue weighted by molar-refractivity contribution is 0.603. The van der Waals surface area contributed by atoms with Crippen molar-refractivity contribution < 1.29 is 12.8 Å². The zero-order valence-electron chi connectivity index (χ0n) is 13.3. The van der Waals surface area contributed by atoms with Crippen LogP contribution in [0, 0.1) is 5.82 Å². The maximum absolute atomic E-state index is 12.9. The number of anilines is 2. The zero-order chi connectivity index (χ0) is 17.7. The van der Waals surface area contributed by atoms with Gasteiger partial charge < -0.3 is 5.32 Å². The summed E-state index contributed by atoms with van der Waals surface area (Å²) in [4.78, 5) is 0. The van der Waals surface area contributed by atoms with Crippen molar-refractivity contribution in [1.29, 1.82) is 0 Å². The maximum atomic E-state index is 12.9. The Bertz CT molecular complexity index is 907. The molecular weight excluding hydrogens is 359 g/mol. The summed E-state index contributed by atoms with van der Waals surface area (Å²) >= 11 is 1.18. The van der Waals surface area contributed by atoms with Gasteiger partial charge in [0, 0.05) is 17.9 Å². The molecule has 25 heavy (non-hydrogen) atoms. The Morgan fingerprint density at radius 3 is 2.24 bits per heavy atom. The molecule has 130 valence electrons. The fraction of sp³-hybridized carbons (Fsp3) is 0.111. The lowest BCUT2D eigenvalue weighted by Gasteiger charge is -2.09. The van der Waals surface area contributed by atoms with E-state index < -0.39 is 10.0 Å². The maximum Gasteiger partial charge on any atom is 0.271 e. The summed E-state index contributed by atoms with van der Waals surface area (Å²) in [6, 6.07) is 16.8. The molecule has 3 aromatic rings. The van der Waals surface area contributed by atoms with Crippen molar-refractivity contribution >= 4 is 32.7 Å². The van der Waals surface area contributed by atoms with E-state index in [0.29, 0.717) is 12.2 Å². The summed E-state index contributed by atoms with van der Waals surface area (Å²) in [7, 11) is -3.52. The Balaban J connectivity index is 1.54. The number of sulfonamides is 1. The van der Waals surface area contributed by atoms with Gasteiger partial charge in [0.15, 0.2) is 0 Å². The predicted molar refractivity (Wildman–Crippen MR) is 100 cm³/mol. The van der Waals surface area contributed by atoms with Crippen LogP contribution in [0.2, 0.25) is 0 Å². The monoisotopic (exact) mass is 376 g/mol. The third kappa shape index (κ3) is 4.80.